The van der Waals surface area contributed by atoms with Crippen molar-refractivity contribution in [2.75, 3.05) is 39.8 Å². The Morgan fingerprint density at radius 3 is 2.00 bits per heavy atom. The van der Waals surface area contributed by atoms with Crippen LogP contribution in [0.1, 0.15) is 47.2 Å². The zero-order valence-corrected chi connectivity index (χ0v) is 19.9. The third kappa shape index (κ3) is 5.20. The number of amides is 1. The van der Waals surface area contributed by atoms with Crippen LogP contribution in [0.4, 0.5) is 0 Å². The van der Waals surface area contributed by atoms with Crippen LogP contribution in [0.15, 0.2) is 60.1 Å². The number of rotatable bonds is 10. The largest absolute Gasteiger partial charge is 0.367 e. The number of aromatic nitrogens is 1. The quantitative estimate of drug-likeness (QED) is 0.556. The van der Waals surface area contributed by atoms with Crippen molar-refractivity contribution in [3.8, 4) is 0 Å². The molecule has 0 unspecified atom stereocenters. The van der Waals surface area contributed by atoms with E-state index in [1.807, 2.05) is 55.8 Å². The Morgan fingerprint density at radius 1 is 0.848 bits per heavy atom. The summed E-state index contributed by atoms with van der Waals surface area (Å²) in [6.45, 7) is 7.92. The Hall–Kier alpha value is -3.32. The minimum atomic E-state index is -0.279. The van der Waals surface area contributed by atoms with Gasteiger partial charge in [-0.2, -0.15) is 0 Å². The molecule has 0 spiro atoms. The van der Waals surface area contributed by atoms with Crippen molar-refractivity contribution in [1.29, 1.82) is 0 Å². The smallest absolute Gasteiger partial charge is 0.241 e. The summed E-state index contributed by atoms with van der Waals surface area (Å²) in [5, 5.41) is 0. The molecule has 1 aliphatic carbocycles. The number of likely N-dealkylation sites (N-methyl/N-ethyl adjacent to an activating group) is 3. The fourth-order valence-electron chi connectivity index (χ4n) is 4.14. The zero-order chi connectivity index (χ0) is 24.0. The SMILES string of the molecule is CCN(CC)C1=C(N(CC)C(=O)CN(C)CCc2ccccn2)C(=O)c2ccccc2C1=O. The monoisotopic (exact) mass is 448 g/mol. The van der Waals surface area contributed by atoms with Crippen molar-refractivity contribution < 1.29 is 14.4 Å². The molecule has 1 amide bonds. The van der Waals surface area contributed by atoms with Crippen LogP contribution in [0.3, 0.4) is 0 Å². The number of Topliss-reactive ketones (excluding diaryl/α,β-unsaturated/α-hetero) is 2. The Kier molecular flexibility index (Phi) is 8.11. The zero-order valence-electron chi connectivity index (χ0n) is 19.9. The van der Waals surface area contributed by atoms with Gasteiger partial charge >= 0.3 is 0 Å². The average molecular weight is 449 g/mol. The summed E-state index contributed by atoms with van der Waals surface area (Å²) < 4.78 is 0. The topological polar surface area (TPSA) is 73.8 Å². The number of benzene rings is 1. The Balaban J connectivity index is 1.89. The summed E-state index contributed by atoms with van der Waals surface area (Å²) >= 11 is 0. The van der Waals surface area contributed by atoms with Crippen molar-refractivity contribution in [2.24, 2.45) is 0 Å². The van der Waals surface area contributed by atoms with E-state index in [-0.39, 0.29) is 29.7 Å². The third-order valence-corrected chi connectivity index (χ3v) is 5.92. The molecule has 0 fully saturated rings. The van der Waals surface area contributed by atoms with E-state index in [0.29, 0.717) is 43.0 Å². The van der Waals surface area contributed by atoms with Gasteiger partial charge in [-0.05, 0) is 40.0 Å². The van der Waals surface area contributed by atoms with E-state index < -0.39 is 0 Å². The maximum absolute atomic E-state index is 13.6. The minimum Gasteiger partial charge on any atom is -0.367 e. The van der Waals surface area contributed by atoms with Gasteiger partial charge in [0.1, 0.15) is 11.4 Å². The number of ketones is 2. The van der Waals surface area contributed by atoms with Gasteiger partial charge in [0, 0.05) is 55.6 Å². The van der Waals surface area contributed by atoms with E-state index in [1.165, 1.54) is 4.90 Å². The van der Waals surface area contributed by atoms with Gasteiger partial charge in [0.05, 0.1) is 6.54 Å². The highest BCUT2D eigenvalue weighted by atomic mass is 16.2. The number of pyridine rings is 1. The first-order valence-corrected chi connectivity index (χ1v) is 11.5. The van der Waals surface area contributed by atoms with Gasteiger partial charge in [0.25, 0.3) is 0 Å². The molecule has 174 valence electrons. The van der Waals surface area contributed by atoms with Crippen LogP contribution in [-0.4, -0.2) is 76.9 Å². The molecule has 1 aromatic carbocycles. The normalized spacial score (nSPS) is 13.4. The van der Waals surface area contributed by atoms with Gasteiger partial charge in [-0.3, -0.25) is 24.3 Å². The molecule has 0 radical (unpaired) electrons. The molecule has 1 heterocycles. The van der Waals surface area contributed by atoms with Gasteiger partial charge in [0.2, 0.25) is 17.5 Å². The molecule has 1 aliphatic rings. The number of carbonyl (C=O) groups excluding carboxylic acids is 3. The van der Waals surface area contributed by atoms with Crippen molar-refractivity contribution in [2.45, 2.75) is 27.2 Å². The van der Waals surface area contributed by atoms with E-state index in [4.69, 9.17) is 0 Å². The van der Waals surface area contributed by atoms with Gasteiger partial charge in [-0.15, -0.1) is 0 Å². The second-order valence-corrected chi connectivity index (χ2v) is 8.02. The Morgan fingerprint density at radius 2 is 1.45 bits per heavy atom. The number of hydrogen-bond acceptors (Lipinski definition) is 6. The van der Waals surface area contributed by atoms with Crippen molar-refractivity contribution in [3.05, 3.63) is 76.9 Å². The van der Waals surface area contributed by atoms with E-state index >= 15 is 0 Å². The summed E-state index contributed by atoms with van der Waals surface area (Å²) in [5.41, 5.74) is 2.20. The van der Waals surface area contributed by atoms with Crippen LogP contribution >= 0.6 is 0 Å². The molecule has 7 nitrogen and oxygen atoms in total. The fourth-order valence-corrected chi connectivity index (χ4v) is 4.14. The second kappa shape index (κ2) is 11.0. The van der Waals surface area contributed by atoms with E-state index in [0.717, 1.165) is 12.1 Å². The molecule has 0 saturated heterocycles. The summed E-state index contributed by atoms with van der Waals surface area (Å²) in [4.78, 5) is 49.9. The molecule has 0 aliphatic heterocycles. The highest BCUT2D eigenvalue weighted by molar-refractivity contribution is 6.27. The summed E-state index contributed by atoms with van der Waals surface area (Å²) in [6, 6.07) is 12.6. The molecule has 33 heavy (non-hydrogen) atoms. The van der Waals surface area contributed by atoms with Gasteiger partial charge in [0.15, 0.2) is 0 Å². The number of nitrogens with zero attached hydrogens (tertiary/aromatic N) is 4. The summed E-state index contributed by atoms with van der Waals surface area (Å²) in [5.74, 6) is -0.696. The first-order valence-electron chi connectivity index (χ1n) is 11.5. The fraction of sp³-hybridized carbons (Fsp3) is 0.385. The standard InChI is InChI=1S/C26H32N4O3/c1-5-29(6-2)23-24(26(33)21-14-9-8-13-20(21)25(23)32)30(7-3)22(31)18-28(4)17-15-19-12-10-11-16-27-19/h8-14,16H,5-7,15,17-18H2,1-4H3. The van der Waals surface area contributed by atoms with Crippen molar-refractivity contribution in [3.63, 3.8) is 0 Å². The van der Waals surface area contributed by atoms with Crippen LogP contribution in [0.25, 0.3) is 0 Å². The van der Waals surface area contributed by atoms with Crippen LogP contribution in [-0.2, 0) is 11.2 Å². The molecule has 3 rings (SSSR count). The van der Waals surface area contributed by atoms with Gasteiger partial charge in [-0.25, -0.2) is 0 Å². The van der Waals surface area contributed by atoms with Crippen LogP contribution < -0.4 is 0 Å². The van der Waals surface area contributed by atoms with E-state index in [1.54, 1.807) is 30.5 Å². The molecule has 1 aromatic heterocycles. The lowest BCUT2D eigenvalue weighted by Gasteiger charge is -2.34. The van der Waals surface area contributed by atoms with Crippen molar-refractivity contribution >= 4 is 17.5 Å². The molecule has 7 heteroatoms. The highest BCUT2D eigenvalue weighted by Gasteiger charge is 2.38. The molecule has 2 aromatic rings. The van der Waals surface area contributed by atoms with Gasteiger partial charge < -0.3 is 9.80 Å². The first-order chi connectivity index (χ1) is 15.9. The first kappa shape index (κ1) is 24.3. The van der Waals surface area contributed by atoms with Crippen LogP contribution in [0.5, 0.6) is 0 Å². The predicted octanol–water partition coefficient (Wildman–Crippen LogP) is 3.04. The number of fused-ring (bicyclic) bond motifs is 1. The maximum Gasteiger partial charge on any atom is 0.241 e. The summed E-state index contributed by atoms with van der Waals surface area (Å²) in [6.07, 6.45) is 2.47. The summed E-state index contributed by atoms with van der Waals surface area (Å²) in [7, 11) is 1.87. The van der Waals surface area contributed by atoms with Crippen LogP contribution in [0.2, 0.25) is 0 Å². The molecular formula is C26H32N4O3. The number of carbonyl (C=O) groups is 3. The molecular weight excluding hydrogens is 416 g/mol. The third-order valence-electron chi connectivity index (χ3n) is 5.92. The Bertz CT molecular complexity index is 1040. The van der Waals surface area contributed by atoms with E-state index in [2.05, 4.69) is 4.98 Å². The highest BCUT2D eigenvalue weighted by Crippen LogP contribution is 2.30. The minimum absolute atomic E-state index is 0.138. The second-order valence-electron chi connectivity index (χ2n) is 8.02. The lowest BCUT2D eigenvalue weighted by molar-refractivity contribution is -0.130. The lowest BCUT2D eigenvalue weighted by Crippen LogP contribution is -2.45. The van der Waals surface area contributed by atoms with Crippen molar-refractivity contribution in [1.82, 2.24) is 19.7 Å². The molecule has 0 atom stereocenters. The average Bonchev–Trinajstić information content (AvgIpc) is 2.84. The molecule has 0 N–H and O–H groups in total. The maximum atomic E-state index is 13.6. The molecule has 0 saturated carbocycles. The Labute approximate surface area is 195 Å². The lowest BCUT2D eigenvalue weighted by atomic mass is 9.89. The van der Waals surface area contributed by atoms with Gasteiger partial charge in [-0.1, -0.05) is 30.3 Å². The van der Waals surface area contributed by atoms with E-state index in [9.17, 15) is 14.4 Å². The number of allylic oxidation sites excluding steroid dienone is 2. The van der Waals surface area contributed by atoms with Crippen LogP contribution in [0, 0.1) is 0 Å². The number of hydrogen-bond donors (Lipinski definition) is 0. The molecule has 0 bridgehead atoms. The predicted molar refractivity (Wildman–Crippen MR) is 128 cm³/mol.